The van der Waals surface area contributed by atoms with Crippen LogP contribution in [-0.2, 0) is 11.3 Å². The molecule has 0 spiro atoms. The number of aromatic amines is 1. The maximum Gasteiger partial charge on any atom is 0.265 e. The van der Waals surface area contributed by atoms with Gasteiger partial charge >= 0.3 is 0 Å². The third-order valence-corrected chi connectivity index (χ3v) is 4.13. The second-order valence-corrected chi connectivity index (χ2v) is 5.81. The molecule has 104 valence electrons. The number of nitrogens with one attached hydrogen (secondary N) is 1. The minimum Gasteiger partial charge on any atom is -0.380 e. The highest BCUT2D eigenvalue weighted by Crippen LogP contribution is 2.41. The van der Waals surface area contributed by atoms with Gasteiger partial charge < -0.3 is 9.72 Å². The van der Waals surface area contributed by atoms with Crippen LogP contribution in [0.25, 0.3) is 11.4 Å². The van der Waals surface area contributed by atoms with Gasteiger partial charge in [0.1, 0.15) is 10.3 Å². The quantitative estimate of drug-likeness (QED) is 0.933. The molecule has 0 amide bonds. The van der Waals surface area contributed by atoms with Crippen molar-refractivity contribution in [1.29, 1.82) is 0 Å². The Labute approximate surface area is 125 Å². The van der Waals surface area contributed by atoms with Crippen molar-refractivity contribution < 1.29 is 4.74 Å². The van der Waals surface area contributed by atoms with Crippen molar-refractivity contribution in [3.8, 4) is 11.4 Å². The fraction of sp³-hybridized carbons (Fsp3) is 0.333. The monoisotopic (exact) mass is 334 g/mol. The van der Waals surface area contributed by atoms with Gasteiger partial charge in [-0.15, -0.1) is 0 Å². The Balaban J connectivity index is 2.05. The number of hydrogen-bond donors (Lipinski definition) is 1. The normalized spacial score (nSPS) is 14.5. The first-order chi connectivity index (χ1) is 9.69. The lowest BCUT2D eigenvalue weighted by atomic mass is 10.1. The molecule has 1 aromatic heterocycles. The largest absolute Gasteiger partial charge is 0.380 e. The highest BCUT2D eigenvalue weighted by atomic mass is 79.9. The van der Waals surface area contributed by atoms with Crippen molar-refractivity contribution in [1.82, 2.24) is 9.97 Å². The Morgan fingerprint density at radius 3 is 2.95 bits per heavy atom. The molecule has 0 atom stereocenters. The molecule has 0 radical (unpaired) electrons. The van der Waals surface area contributed by atoms with E-state index < -0.39 is 0 Å². The highest BCUT2D eigenvalue weighted by Gasteiger charge is 2.29. The van der Waals surface area contributed by atoms with Gasteiger partial charge in [0.15, 0.2) is 0 Å². The maximum atomic E-state index is 12.0. The van der Waals surface area contributed by atoms with Gasteiger partial charge in [-0.05, 0) is 40.4 Å². The van der Waals surface area contributed by atoms with Crippen LogP contribution < -0.4 is 5.56 Å². The van der Waals surface area contributed by atoms with Gasteiger partial charge in [0, 0.05) is 18.6 Å². The summed E-state index contributed by atoms with van der Waals surface area (Å²) in [6.07, 6.45) is 2.22. The van der Waals surface area contributed by atoms with Crippen LogP contribution in [0.5, 0.6) is 0 Å². The number of hydrogen-bond acceptors (Lipinski definition) is 3. The summed E-state index contributed by atoms with van der Waals surface area (Å²) in [6, 6.07) is 7.88. The predicted molar refractivity (Wildman–Crippen MR) is 80.7 cm³/mol. The second-order valence-electron chi connectivity index (χ2n) is 5.02. The summed E-state index contributed by atoms with van der Waals surface area (Å²) in [6.45, 7) is 0.546. The van der Waals surface area contributed by atoms with Crippen molar-refractivity contribution in [2.45, 2.75) is 25.4 Å². The Kier molecular flexibility index (Phi) is 3.72. The van der Waals surface area contributed by atoms with Crippen LogP contribution in [0.15, 0.2) is 33.5 Å². The number of rotatable bonds is 4. The van der Waals surface area contributed by atoms with E-state index in [1.165, 1.54) is 0 Å². The SMILES string of the molecule is COCc1cccc(-c2nc(C3CC3)c(Br)c(=O)[nH]2)c1. The van der Waals surface area contributed by atoms with E-state index in [9.17, 15) is 4.79 Å². The molecule has 1 N–H and O–H groups in total. The molecule has 1 aromatic carbocycles. The molecule has 1 aliphatic rings. The molecule has 5 heteroatoms. The van der Waals surface area contributed by atoms with Crippen molar-refractivity contribution in [3.05, 3.63) is 50.3 Å². The molecule has 4 nitrogen and oxygen atoms in total. The van der Waals surface area contributed by atoms with Crippen molar-refractivity contribution >= 4 is 15.9 Å². The zero-order valence-electron chi connectivity index (χ0n) is 11.1. The topological polar surface area (TPSA) is 55.0 Å². The van der Waals surface area contributed by atoms with Gasteiger partial charge in [-0.25, -0.2) is 4.98 Å². The molecule has 20 heavy (non-hydrogen) atoms. The van der Waals surface area contributed by atoms with E-state index in [0.717, 1.165) is 29.7 Å². The van der Waals surface area contributed by atoms with Gasteiger partial charge in [0.05, 0.1) is 12.3 Å². The molecule has 1 heterocycles. The molecule has 1 saturated carbocycles. The van der Waals surface area contributed by atoms with E-state index in [0.29, 0.717) is 22.8 Å². The standard InChI is InChI=1S/C15H15BrN2O2/c1-20-8-9-3-2-4-11(7-9)14-17-13(10-5-6-10)12(16)15(19)18-14/h2-4,7,10H,5-6,8H2,1H3,(H,17,18,19). The second kappa shape index (κ2) is 5.50. The first-order valence-corrected chi connectivity index (χ1v) is 7.36. The van der Waals surface area contributed by atoms with Gasteiger partial charge in [-0.1, -0.05) is 18.2 Å². The van der Waals surface area contributed by atoms with E-state index >= 15 is 0 Å². The number of benzene rings is 1. The number of nitrogens with zero attached hydrogens (tertiary/aromatic N) is 1. The maximum absolute atomic E-state index is 12.0. The lowest BCUT2D eigenvalue weighted by Gasteiger charge is -2.07. The molecule has 0 bridgehead atoms. The van der Waals surface area contributed by atoms with Crippen LogP contribution in [0.4, 0.5) is 0 Å². The Morgan fingerprint density at radius 1 is 1.45 bits per heavy atom. The molecule has 2 aromatic rings. The Hall–Kier alpha value is -1.46. The summed E-state index contributed by atoms with van der Waals surface area (Å²) in [5.41, 5.74) is 2.73. The molecular formula is C15H15BrN2O2. The summed E-state index contributed by atoms with van der Waals surface area (Å²) in [5, 5.41) is 0. The van der Waals surface area contributed by atoms with Crippen molar-refractivity contribution in [3.63, 3.8) is 0 Å². The summed E-state index contributed by atoms with van der Waals surface area (Å²) in [4.78, 5) is 19.5. The van der Waals surface area contributed by atoms with E-state index in [4.69, 9.17) is 4.74 Å². The first-order valence-electron chi connectivity index (χ1n) is 6.57. The van der Waals surface area contributed by atoms with Gasteiger partial charge in [0.2, 0.25) is 0 Å². The van der Waals surface area contributed by atoms with Crippen LogP contribution >= 0.6 is 15.9 Å². The van der Waals surface area contributed by atoms with E-state index in [2.05, 4.69) is 25.9 Å². The Bertz CT molecular complexity index is 693. The summed E-state index contributed by atoms with van der Waals surface area (Å²) < 4.78 is 5.70. The molecule has 3 rings (SSSR count). The molecular weight excluding hydrogens is 320 g/mol. The number of H-pyrrole nitrogens is 1. The number of methoxy groups -OCH3 is 1. The molecule has 1 fully saturated rings. The average Bonchev–Trinajstić information content (AvgIpc) is 3.27. The summed E-state index contributed by atoms with van der Waals surface area (Å²) in [5.74, 6) is 1.05. The van der Waals surface area contributed by atoms with Crippen LogP contribution in [-0.4, -0.2) is 17.1 Å². The third kappa shape index (κ3) is 2.69. The van der Waals surface area contributed by atoms with Gasteiger partial charge in [0.25, 0.3) is 5.56 Å². The van der Waals surface area contributed by atoms with Crippen LogP contribution in [0.2, 0.25) is 0 Å². The molecule has 0 saturated heterocycles. The Morgan fingerprint density at radius 2 is 2.25 bits per heavy atom. The minimum atomic E-state index is -0.117. The van der Waals surface area contributed by atoms with E-state index in [1.807, 2.05) is 24.3 Å². The summed E-state index contributed by atoms with van der Waals surface area (Å²) >= 11 is 3.34. The fourth-order valence-corrected chi connectivity index (χ4v) is 2.73. The lowest BCUT2D eigenvalue weighted by Crippen LogP contribution is -2.13. The van der Waals surface area contributed by atoms with Gasteiger partial charge in [-0.3, -0.25) is 4.79 Å². The molecule has 0 unspecified atom stereocenters. The zero-order valence-corrected chi connectivity index (χ0v) is 12.7. The van der Waals surface area contributed by atoms with Crippen LogP contribution in [0.1, 0.15) is 30.0 Å². The minimum absolute atomic E-state index is 0.117. The zero-order chi connectivity index (χ0) is 14.1. The lowest BCUT2D eigenvalue weighted by molar-refractivity contribution is 0.185. The number of ether oxygens (including phenoxy) is 1. The molecule has 0 aliphatic heterocycles. The van der Waals surface area contributed by atoms with Crippen molar-refractivity contribution in [2.75, 3.05) is 7.11 Å². The van der Waals surface area contributed by atoms with E-state index in [-0.39, 0.29) is 5.56 Å². The summed E-state index contributed by atoms with van der Waals surface area (Å²) in [7, 11) is 1.66. The van der Waals surface area contributed by atoms with Crippen molar-refractivity contribution in [2.24, 2.45) is 0 Å². The van der Waals surface area contributed by atoms with Crippen LogP contribution in [0.3, 0.4) is 0 Å². The number of halogens is 1. The number of aromatic nitrogens is 2. The smallest absolute Gasteiger partial charge is 0.265 e. The fourth-order valence-electron chi connectivity index (χ4n) is 2.22. The van der Waals surface area contributed by atoms with E-state index in [1.54, 1.807) is 7.11 Å². The average molecular weight is 335 g/mol. The molecule has 1 aliphatic carbocycles. The predicted octanol–water partition coefficient (Wildman–Crippen LogP) is 3.22. The third-order valence-electron chi connectivity index (χ3n) is 3.36. The van der Waals surface area contributed by atoms with Crippen LogP contribution in [0, 0.1) is 0 Å². The first kappa shape index (κ1) is 13.5. The highest BCUT2D eigenvalue weighted by molar-refractivity contribution is 9.10. The van der Waals surface area contributed by atoms with Gasteiger partial charge in [-0.2, -0.15) is 0 Å².